The molecule has 0 spiro atoms. The minimum Gasteiger partial charge on any atom is -0.505 e. The molecule has 0 unspecified atom stereocenters. The van der Waals surface area contributed by atoms with E-state index in [-0.39, 0.29) is 11.4 Å². The predicted molar refractivity (Wildman–Crippen MR) is 99.5 cm³/mol. The number of anilines is 2. The van der Waals surface area contributed by atoms with Crippen molar-refractivity contribution in [2.24, 2.45) is 5.73 Å². The number of benzene rings is 1. The van der Waals surface area contributed by atoms with Crippen LogP contribution in [0.1, 0.15) is 47.0 Å². The third-order valence-corrected chi connectivity index (χ3v) is 4.64. The summed E-state index contributed by atoms with van der Waals surface area (Å²) in [6.07, 6.45) is 4.73. The Morgan fingerprint density at radius 1 is 1.31 bits per heavy atom. The molecule has 1 fully saturated rings. The number of nitrogens with two attached hydrogens (primary N) is 1. The Morgan fingerprint density at radius 2 is 2.12 bits per heavy atom. The Hall–Kier alpha value is -3.09. The van der Waals surface area contributed by atoms with Crippen molar-refractivity contribution in [3.63, 3.8) is 0 Å². The smallest absolute Gasteiger partial charge is 0.278 e. The van der Waals surface area contributed by atoms with Crippen LogP contribution >= 0.6 is 0 Å². The van der Waals surface area contributed by atoms with Gasteiger partial charge in [0, 0.05) is 24.3 Å². The molecule has 7 nitrogen and oxygen atoms in total. The number of carbonyl (C=O) groups excluding carboxylic acids is 2. The lowest BCUT2D eigenvalue weighted by Gasteiger charge is -2.36. The summed E-state index contributed by atoms with van der Waals surface area (Å²) in [5.41, 5.74) is 6.92. The number of amides is 2. The van der Waals surface area contributed by atoms with Crippen molar-refractivity contribution in [2.75, 3.05) is 16.8 Å². The maximum absolute atomic E-state index is 12.6. The number of rotatable bonds is 4. The Labute approximate surface area is 151 Å². The number of primary amides is 1. The fourth-order valence-corrected chi connectivity index (χ4v) is 3.25. The standard InChI is InChI=1S/C19H22N4O3/c1-12-5-2-3-10-23(12)15-8-7-13(18(20)25)11-14(15)22-19(26)17-16(24)6-4-9-21-17/h4,6-9,11-12,24H,2-3,5,10H2,1H3,(H2,20,25)(H,22,26)/t12-/m0/s1. The van der Waals surface area contributed by atoms with E-state index in [9.17, 15) is 14.7 Å². The van der Waals surface area contributed by atoms with E-state index in [4.69, 9.17) is 5.73 Å². The second-order valence-corrected chi connectivity index (χ2v) is 6.46. The van der Waals surface area contributed by atoms with Crippen molar-refractivity contribution in [3.8, 4) is 5.75 Å². The Morgan fingerprint density at radius 3 is 2.81 bits per heavy atom. The van der Waals surface area contributed by atoms with Crippen molar-refractivity contribution in [2.45, 2.75) is 32.2 Å². The van der Waals surface area contributed by atoms with Crippen molar-refractivity contribution in [3.05, 3.63) is 47.8 Å². The van der Waals surface area contributed by atoms with E-state index in [0.717, 1.165) is 25.1 Å². The van der Waals surface area contributed by atoms with Gasteiger partial charge in [0.25, 0.3) is 5.91 Å². The van der Waals surface area contributed by atoms with E-state index in [2.05, 4.69) is 22.1 Å². The minimum atomic E-state index is -0.570. The number of hydrogen-bond donors (Lipinski definition) is 3. The Bertz CT molecular complexity index is 837. The second-order valence-electron chi connectivity index (χ2n) is 6.46. The average molecular weight is 354 g/mol. The topological polar surface area (TPSA) is 109 Å². The highest BCUT2D eigenvalue weighted by atomic mass is 16.3. The van der Waals surface area contributed by atoms with Crippen molar-refractivity contribution < 1.29 is 14.7 Å². The lowest BCUT2D eigenvalue weighted by atomic mass is 10.0. The molecule has 3 rings (SSSR count). The summed E-state index contributed by atoms with van der Waals surface area (Å²) in [7, 11) is 0. The highest BCUT2D eigenvalue weighted by Crippen LogP contribution is 2.33. The van der Waals surface area contributed by atoms with Crippen molar-refractivity contribution in [1.82, 2.24) is 4.98 Å². The molecular formula is C19H22N4O3. The zero-order chi connectivity index (χ0) is 18.7. The Kier molecular flexibility index (Phi) is 5.06. The molecule has 0 bridgehead atoms. The molecule has 1 aliphatic rings. The summed E-state index contributed by atoms with van der Waals surface area (Å²) < 4.78 is 0. The first-order valence-corrected chi connectivity index (χ1v) is 8.63. The highest BCUT2D eigenvalue weighted by molar-refractivity contribution is 6.07. The van der Waals surface area contributed by atoms with Crippen LogP contribution in [0.5, 0.6) is 5.75 Å². The molecule has 0 saturated carbocycles. The van der Waals surface area contributed by atoms with Gasteiger partial charge in [-0.05, 0) is 56.5 Å². The molecule has 0 radical (unpaired) electrons. The largest absolute Gasteiger partial charge is 0.505 e. The number of carbonyl (C=O) groups is 2. The third-order valence-electron chi connectivity index (χ3n) is 4.64. The molecular weight excluding hydrogens is 332 g/mol. The van der Waals surface area contributed by atoms with Crippen LogP contribution in [0.15, 0.2) is 36.5 Å². The van der Waals surface area contributed by atoms with Gasteiger partial charge < -0.3 is 21.1 Å². The number of aromatic hydroxyl groups is 1. The number of nitrogens with zero attached hydrogens (tertiary/aromatic N) is 2. The van der Waals surface area contributed by atoms with E-state index in [1.807, 2.05) is 0 Å². The van der Waals surface area contributed by atoms with Crippen LogP contribution in [0.25, 0.3) is 0 Å². The number of aromatic nitrogens is 1. The maximum Gasteiger partial charge on any atom is 0.278 e. The number of piperidine rings is 1. The minimum absolute atomic E-state index is 0.0744. The van der Waals surface area contributed by atoms with Crippen LogP contribution in [0.4, 0.5) is 11.4 Å². The van der Waals surface area contributed by atoms with E-state index in [1.165, 1.54) is 18.7 Å². The molecule has 1 aromatic carbocycles. The van der Waals surface area contributed by atoms with Crippen LogP contribution < -0.4 is 16.0 Å². The lowest BCUT2D eigenvalue weighted by molar-refractivity contribution is 0.0994. The van der Waals surface area contributed by atoms with Crippen molar-refractivity contribution >= 4 is 23.2 Å². The van der Waals surface area contributed by atoms with Gasteiger partial charge >= 0.3 is 0 Å². The molecule has 4 N–H and O–H groups in total. The quantitative estimate of drug-likeness (QED) is 0.782. The van der Waals surface area contributed by atoms with Gasteiger partial charge in [-0.15, -0.1) is 0 Å². The molecule has 136 valence electrons. The summed E-state index contributed by atoms with van der Waals surface area (Å²) in [4.78, 5) is 30.3. The molecule has 0 aliphatic carbocycles. The van der Waals surface area contributed by atoms with Crippen LogP contribution in [0.2, 0.25) is 0 Å². The molecule has 2 amide bonds. The fraction of sp³-hybridized carbons (Fsp3) is 0.316. The lowest BCUT2D eigenvalue weighted by Crippen LogP contribution is -2.38. The Balaban J connectivity index is 1.97. The van der Waals surface area contributed by atoms with Gasteiger partial charge in [0.15, 0.2) is 5.69 Å². The van der Waals surface area contributed by atoms with E-state index in [1.54, 1.807) is 24.3 Å². The van der Waals surface area contributed by atoms with Gasteiger partial charge in [-0.25, -0.2) is 4.98 Å². The second kappa shape index (κ2) is 7.43. The van der Waals surface area contributed by atoms with Crippen LogP contribution in [0.3, 0.4) is 0 Å². The summed E-state index contributed by atoms with van der Waals surface area (Å²) >= 11 is 0. The molecule has 2 heterocycles. The normalized spacial score (nSPS) is 17.0. The number of nitrogens with one attached hydrogen (secondary N) is 1. The van der Waals surface area contributed by atoms with Gasteiger partial charge in [-0.1, -0.05) is 0 Å². The van der Waals surface area contributed by atoms with Crippen molar-refractivity contribution in [1.29, 1.82) is 0 Å². The molecule has 7 heteroatoms. The zero-order valence-electron chi connectivity index (χ0n) is 14.6. The predicted octanol–water partition coefficient (Wildman–Crippen LogP) is 2.52. The highest BCUT2D eigenvalue weighted by Gasteiger charge is 2.23. The SMILES string of the molecule is C[C@H]1CCCCN1c1ccc(C(N)=O)cc1NC(=O)c1ncccc1O. The third kappa shape index (κ3) is 3.61. The van der Waals surface area contributed by atoms with Crippen LogP contribution in [-0.4, -0.2) is 34.5 Å². The molecule has 1 aliphatic heterocycles. The average Bonchev–Trinajstić information content (AvgIpc) is 2.62. The first-order valence-electron chi connectivity index (χ1n) is 8.63. The van der Waals surface area contributed by atoms with Gasteiger partial charge in [0.1, 0.15) is 5.75 Å². The molecule has 26 heavy (non-hydrogen) atoms. The van der Waals surface area contributed by atoms with Gasteiger partial charge in [0.2, 0.25) is 5.91 Å². The summed E-state index contributed by atoms with van der Waals surface area (Å²) in [5.74, 6) is -1.32. The first kappa shape index (κ1) is 17.7. The van der Waals surface area contributed by atoms with Gasteiger partial charge in [0.05, 0.1) is 11.4 Å². The van der Waals surface area contributed by atoms with E-state index >= 15 is 0 Å². The fourth-order valence-electron chi connectivity index (χ4n) is 3.25. The number of hydrogen-bond acceptors (Lipinski definition) is 5. The maximum atomic E-state index is 12.6. The van der Waals surface area contributed by atoms with Crippen LogP contribution in [0, 0.1) is 0 Å². The molecule has 1 aromatic heterocycles. The van der Waals surface area contributed by atoms with E-state index in [0.29, 0.717) is 17.3 Å². The van der Waals surface area contributed by atoms with Crippen LogP contribution in [-0.2, 0) is 0 Å². The number of pyridine rings is 1. The zero-order valence-corrected chi connectivity index (χ0v) is 14.6. The van der Waals surface area contributed by atoms with Gasteiger partial charge in [-0.3, -0.25) is 9.59 Å². The molecule has 2 aromatic rings. The first-order chi connectivity index (χ1) is 12.5. The summed E-state index contributed by atoms with van der Waals surface area (Å²) in [5, 5.41) is 12.6. The van der Waals surface area contributed by atoms with E-state index < -0.39 is 11.8 Å². The molecule has 1 atom stereocenters. The summed E-state index contributed by atoms with van der Waals surface area (Å²) in [6.45, 7) is 3.01. The molecule has 1 saturated heterocycles. The van der Waals surface area contributed by atoms with Gasteiger partial charge in [-0.2, -0.15) is 0 Å². The monoisotopic (exact) mass is 354 g/mol. The summed E-state index contributed by atoms with van der Waals surface area (Å²) in [6, 6.07) is 8.29.